The average molecular weight is 579 g/mol. The Bertz CT molecular complexity index is 1170. The largest absolute Gasteiger partial charge is 0.416 e. The Morgan fingerprint density at radius 1 is 1.10 bits per heavy atom. The normalized spacial score (nSPS) is 26.2. The Labute approximate surface area is 238 Å². The molecule has 3 aliphatic heterocycles. The monoisotopic (exact) mass is 578 g/mol. The maximum absolute atomic E-state index is 14.1. The summed E-state index contributed by atoms with van der Waals surface area (Å²) in [5.41, 5.74) is 2.20. The van der Waals surface area contributed by atoms with Gasteiger partial charge in [-0.15, -0.1) is 5.10 Å². The number of nitrogens with zero attached hydrogens (tertiary/aromatic N) is 3. The lowest BCUT2D eigenvalue weighted by Crippen LogP contribution is -2.52. The van der Waals surface area contributed by atoms with E-state index in [0.717, 1.165) is 67.3 Å². The molecular weight excluding hydrogens is 540 g/mol. The van der Waals surface area contributed by atoms with Crippen molar-refractivity contribution >= 4 is 5.91 Å². The first-order chi connectivity index (χ1) is 19.7. The number of aromatic nitrogens is 2. The molecule has 0 saturated carbocycles. The molecule has 1 N–H and O–H groups in total. The van der Waals surface area contributed by atoms with E-state index in [-0.39, 0.29) is 36.8 Å². The smallest absolute Gasteiger partial charge is 0.378 e. The molecule has 3 saturated heterocycles. The van der Waals surface area contributed by atoms with Crippen molar-refractivity contribution in [3.05, 3.63) is 58.4 Å². The summed E-state index contributed by atoms with van der Waals surface area (Å²) in [5.74, 6) is -0.138. The van der Waals surface area contributed by atoms with Gasteiger partial charge in [0.1, 0.15) is 6.17 Å². The zero-order valence-electron chi connectivity index (χ0n) is 23.3. The fraction of sp³-hybridized carbons (Fsp3) is 0.633. The molecule has 0 bridgehead atoms. The summed E-state index contributed by atoms with van der Waals surface area (Å²) in [6, 6.07) is 5.20. The van der Waals surface area contributed by atoms with Crippen LogP contribution in [0.5, 0.6) is 0 Å². The predicted octanol–water partition coefficient (Wildman–Crippen LogP) is 5.37. The molecule has 3 aliphatic rings. The number of benzene rings is 1. The molecule has 0 spiro atoms. The predicted molar refractivity (Wildman–Crippen MR) is 144 cm³/mol. The minimum atomic E-state index is -4.36. The Hall–Kier alpha value is -2.63. The van der Waals surface area contributed by atoms with Gasteiger partial charge in [0, 0.05) is 31.8 Å². The maximum atomic E-state index is 14.1. The van der Waals surface area contributed by atoms with E-state index < -0.39 is 17.9 Å². The Morgan fingerprint density at radius 2 is 1.85 bits per heavy atom. The van der Waals surface area contributed by atoms with E-state index in [2.05, 4.69) is 15.5 Å². The minimum absolute atomic E-state index is 0.0334. The zero-order valence-corrected chi connectivity index (χ0v) is 23.3. The highest BCUT2D eigenvalue weighted by Crippen LogP contribution is 2.35. The molecule has 0 aliphatic carbocycles. The highest BCUT2D eigenvalue weighted by atomic mass is 19.4. The van der Waals surface area contributed by atoms with Crippen LogP contribution in [0.1, 0.15) is 83.8 Å². The van der Waals surface area contributed by atoms with Crippen LogP contribution in [0.3, 0.4) is 0 Å². The van der Waals surface area contributed by atoms with Gasteiger partial charge in [-0.25, -0.2) is 4.39 Å². The molecule has 1 aromatic heterocycles. The first-order valence-corrected chi connectivity index (χ1v) is 14.6. The molecule has 2 aromatic rings. The van der Waals surface area contributed by atoms with Gasteiger partial charge in [0.25, 0.3) is 5.91 Å². The van der Waals surface area contributed by atoms with Crippen molar-refractivity contribution in [1.29, 1.82) is 0 Å². The van der Waals surface area contributed by atoms with E-state index in [1.165, 1.54) is 12.1 Å². The molecule has 4 heterocycles. The van der Waals surface area contributed by atoms with E-state index in [1.807, 2.05) is 6.92 Å². The van der Waals surface area contributed by atoms with E-state index in [4.69, 9.17) is 9.47 Å². The number of piperidine rings is 1. The van der Waals surface area contributed by atoms with Crippen molar-refractivity contribution in [2.24, 2.45) is 0 Å². The molecule has 1 aromatic carbocycles. The second-order valence-corrected chi connectivity index (χ2v) is 11.4. The van der Waals surface area contributed by atoms with Gasteiger partial charge in [0.2, 0.25) is 0 Å². The van der Waals surface area contributed by atoms with Crippen molar-refractivity contribution in [3.8, 4) is 0 Å². The summed E-state index contributed by atoms with van der Waals surface area (Å²) < 4.78 is 64.4. The second-order valence-electron chi connectivity index (χ2n) is 11.4. The third-order valence-corrected chi connectivity index (χ3v) is 8.62. The van der Waals surface area contributed by atoms with Crippen LogP contribution in [-0.2, 0) is 22.1 Å². The third kappa shape index (κ3) is 7.42. The topological polar surface area (TPSA) is 76.6 Å². The van der Waals surface area contributed by atoms with Crippen molar-refractivity contribution in [2.75, 3.05) is 26.3 Å². The fourth-order valence-corrected chi connectivity index (χ4v) is 6.09. The standard InChI is InChI=1S/C30H38F4N4O3/c1-19-21(7-10-24-3-2-4-27(41-24)20-5-8-22(9-6-20)30(32,33)34)17-35-37-28(19)29(39)38-14-11-23(12-15-38)36-26-13-16-40-18-25(26)31/h5-6,8-9,17,23-27,36H,2-4,7,10-16,18H2,1H3/t24-,25?,26?,27+/m1/s1. The molecule has 0 radical (unpaired) electrons. The van der Waals surface area contributed by atoms with Gasteiger partial charge in [-0.05, 0) is 87.1 Å². The summed E-state index contributed by atoms with van der Waals surface area (Å²) in [5, 5.41) is 11.7. The van der Waals surface area contributed by atoms with Gasteiger partial charge in [0.15, 0.2) is 5.69 Å². The second kappa shape index (κ2) is 13.1. The summed E-state index contributed by atoms with van der Waals surface area (Å²) in [7, 11) is 0. The van der Waals surface area contributed by atoms with Crippen LogP contribution in [-0.4, -0.2) is 71.7 Å². The van der Waals surface area contributed by atoms with Crippen LogP contribution in [0, 0.1) is 6.92 Å². The summed E-state index contributed by atoms with van der Waals surface area (Å²) >= 11 is 0. The molecule has 224 valence electrons. The van der Waals surface area contributed by atoms with Crippen LogP contribution in [0.15, 0.2) is 30.5 Å². The van der Waals surface area contributed by atoms with Crippen molar-refractivity contribution in [3.63, 3.8) is 0 Å². The van der Waals surface area contributed by atoms with E-state index in [1.54, 1.807) is 11.1 Å². The van der Waals surface area contributed by atoms with Crippen LogP contribution < -0.4 is 5.32 Å². The summed E-state index contributed by atoms with van der Waals surface area (Å²) in [6.07, 6.45) is 2.18. The molecule has 41 heavy (non-hydrogen) atoms. The van der Waals surface area contributed by atoms with Gasteiger partial charge in [0.05, 0.1) is 30.6 Å². The number of alkyl halides is 4. The molecule has 5 rings (SSSR count). The minimum Gasteiger partial charge on any atom is -0.378 e. The quantitative estimate of drug-likeness (QED) is 0.446. The number of hydrogen-bond donors (Lipinski definition) is 1. The van der Waals surface area contributed by atoms with Crippen molar-refractivity contribution < 1.29 is 31.8 Å². The van der Waals surface area contributed by atoms with Crippen LogP contribution in [0.25, 0.3) is 0 Å². The average Bonchev–Trinajstić information content (AvgIpc) is 2.98. The lowest BCUT2D eigenvalue weighted by Gasteiger charge is -2.36. The number of ether oxygens (including phenoxy) is 2. The first-order valence-electron chi connectivity index (χ1n) is 14.6. The summed E-state index contributed by atoms with van der Waals surface area (Å²) in [4.78, 5) is 15.1. The number of likely N-dealkylation sites (tertiary alicyclic amines) is 1. The highest BCUT2D eigenvalue weighted by Gasteiger charge is 2.32. The summed E-state index contributed by atoms with van der Waals surface area (Å²) in [6.45, 7) is 3.74. The lowest BCUT2D eigenvalue weighted by molar-refractivity contribution is -0.137. The van der Waals surface area contributed by atoms with E-state index >= 15 is 0 Å². The van der Waals surface area contributed by atoms with Gasteiger partial charge in [-0.2, -0.15) is 18.3 Å². The molecule has 4 atom stereocenters. The number of aryl methyl sites for hydroxylation is 1. The fourth-order valence-electron chi connectivity index (χ4n) is 6.09. The molecular formula is C30H38F4N4O3. The van der Waals surface area contributed by atoms with Crippen molar-refractivity contribution in [2.45, 2.75) is 94.9 Å². The van der Waals surface area contributed by atoms with E-state index in [9.17, 15) is 22.4 Å². The third-order valence-electron chi connectivity index (χ3n) is 8.62. The van der Waals surface area contributed by atoms with Gasteiger partial charge >= 0.3 is 6.18 Å². The van der Waals surface area contributed by atoms with Crippen molar-refractivity contribution in [1.82, 2.24) is 20.4 Å². The number of rotatable bonds is 7. The van der Waals surface area contributed by atoms with Gasteiger partial charge in [-0.1, -0.05) is 12.1 Å². The van der Waals surface area contributed by atoms with Crippen LogP contribution in [0.2, 0.25) is 0 Å². The highest BCUT2D eigenvalue weighted by molar-refractivity contribution is 5.93. The zero-order chi connectivity index (χ0) is 29.0. The first kappa shape index (κ1) is 29.8. The Kier molecular flexibility index (Phi) is 9.56. The maximum Gasteiger partial charge on any atom is 0.416 e. The molecule has 11 heteroatoms. The van der Waals surface area contributed by atoms with Crippen LogP contribution >= 0.6 is 0 Å². The Balaban J connectivity index is 1.13. The number of nitrogens with one attached hydrogen (secondary N) is 1. The van der Waals surface area contributed by atoms with Gasteiger partial charge in [-0.3, -0.25) is 4.79 Å². The van der Waals surface area contributed by atoms with E-state index in [0.29, 0.717) is 38.2 Å². The van der Waals surface area contributed by atoms with Crippen LogP contribution in [0.4, 0.5) is 17.6 Å². The molecule has 1 amide bonds. The lowest BCUT2D eigenvalue weighted by atomic mass is 9.94. The molecule has 3 fully saturated rings. The number of hydrogen-bond acceptors (Lipinski definition) is 6. The number of carbonyl (C=O) groups is 1. The number of carbonyl (C=O) groups excluding carboxylic acids is 1. The molecule has 2 unspecified atom stereocenters. The number of amides is 1. The molecule has 7 nitrogen and oxygen atoms in total. The van der Waals surface area contributed by atoms with Gasteiger partial charge < -0.3 is 19.7 Å². The SMILES string of the molecule is Cc1c(CC[C@H]2CCC[C@@H](c3ccc(C(F)(F)F)cc3)O2)cnnc1C(=O)N1CCC(NC2CCOCC2F)CC1. The number of halogens is 4. The Morgan fingerprint density at radius 3 is 2.56 bits per heavy atom.